The molecular formula is C17H17BrFN. The van der Waals surface area contributed by atoms with Crippen LogP contribution >= 0.6 is 15.9 Å². The minimum atomic E-state index is -0.209. The quantitative estimate of drug-likeness (QED) is 0.825. The van der Waals surface area contributed by atoms with Crippen molar-refractivity contribution in [3.63, 3.8) is 0 Å². The lowest BCUT2D eigenvalue weighted by Gasteiger charge is -2.20. The molecule has 0 bridgehead atoms. The number of aryl methyl sites for hydroxylation is 1. The third-order valence-electron chi connectivity index (χ3n) is 3.86. The van der Waals surface area contributed by atoms with Crippen LogP contribution in [0.2, 0.25) is 0 Å². The molecule has 3 heteroatoms. The van der Waals surface area contributed by atoms with E-state index in [9.17, 15) is 4.39 Å². The number of fused-ring (bicyclic) bond motifs is 1. The second kappa shape index (κ2) is 5.96. The summed E-state index contributed by atoms with van der Waals surface area (Å²) in [6, 6.07) is 11.7. The number of hydrogen-bond donors (Lipinski definition) is 1. The normalized spacial score (nSPS) is 13.9. The average Bonchev–Trinajstić information content (AvgIpc) is 2.48. The van der Waals surface area contributed by atoms with Crippen LogP contribution in [0.5, 0.6) is 0 Å². The standard InChI is InChI=1S/C17H17BrFN/c18-15-9-8-12(10-16(15)19)11-20-17-7-3-5-13-4-1-2-6-14(13)17/h3,5,7-10,20H,1-2,4,6,11H2. The summed E-state index contributed by atoms with van der Waals surface area (Å²) in [6.07, 6.45) is 4.87. The predicted molar refractivity (Wildman–Crippen MR) is 84.5 cm³/mol. The Morgan fingerprint density at radius 3 is 2.80 bits per heavy atom. The number of anilines is 1. The summed E-state index contributed by atoms with van der Waals surface area (Å²) in [6.45, 7) is 0.653. The first-order chi connectivity index (χ1) is 9.74. The molecule has 2 aromatic carbocycles. The molecule has 1 aliphatic rings. The van der Waals surface area contributed by atoms with E-state index in [1.54, 1.807) is 12.1 Å². The van der Waals surface area contributed by atoms with Gasteiger partial charge in [0.2, 0.25) is 0 Å². The lowest BCUT2D eigenvalue weighted by molar-refractivity contribution is 0.619. The van der Waals surface area contributed by atoms with Crippen molar-refractivity contribution in [2.24, 2.45) is 0 Å². The molecule has 1 N–H and O–H groups in total. The van der Waals surface area contributed by atoms with Crippen molar-refractivity contribution in [3.8, 4) is 0 Å². The monoisotopic (exact) mass is 333 g/mol. The van der Waals surface area contributed by atoms with E-state index in [1.807, 2.05) is 6.07 Å². The fourth-order valence-electron chi connectivity index (χ4n) is 2.79. The first-order valence-electron chi connectivity index (χ1n) is 7.02. The Hall–Kier alpha value is -1.35. The maximum Gasteiger partial charge on any atom is 0.137 e. The molecule has 0 radical (unpaired) electrons. The zero-order valence-electron chi connectivity index (χ0n) is 11.3. The van der Waals surface area contributed by atoms with Gasteiger partial charge in [-0.1, -0.05) is 18.2 Å². The minimum absolute atomic E-state index is 0.209. The van der Waals surface area contributed by atoms with Crippen LogP contribution in [-0.4, -0.2) is 0 Å². The van der Waals surface area contributed by atoms with E-state index in [4.69, 9.17) is 0 Å². The molecular weight excluding hydrogens is 317 g/mol. The summed E-state index contributed by atoms with van der Waals surface area (Å²) in [7, 11) is 0. The Kier molecular flexibility index (Phi) is 4.06. The summed E-state index contributed by atoms with van der Waals surface area (Å²) in [5.74, 6) is -0.209. The van der Waals surface area contributed by atoms with Gasteiger partial charge in [-0.2, -0.15) is 0 Å². The lowest BCUT2D eigenvalue weighted by atomic mass is 9.90. The third kappa shape index (κ3) is 2.88. The number of benzene rings is 2. The summed E-state index contributed by atoms with van der Waals surface area (Å²) in [5.41, 5.74) is 5.06. The summed E-state index contributed by atoms with van der Waals surface area (Å²) in [4.78, 5) is 0. The molecule has 20 heavy (non-hydrogen) atoms. The Labute approximate surface area is 127 Å². The largest absolute Gasteiger partial charge is 0.381 e. The molecule has 0 spiro atoms. The molecule has 1 aliphatic carbocycles. The van der Waals surface area contributed by atoms with Crippen LogP contribution in [0.4, 0.5) is 10.1 Å². The summed E-state index contributed by atoms with van der Waals surface area (Å²) in [5, 5.41) is 3.45. The van der Waals surface area contributed by atoms with E-state index in [1.165, 1.54) is 36.1 Å². The Bertz CT molecular complexity index is 624. The molecule has 0 aromatic heterocycles. The van der Waals surface area contributed by atoms with Gasteiger partial charge in [0.15, 0.2) is 0 Å². The summed E-state index contributed by atoms with van der Waals surface area (Å²) < 4.78 is 14.0. The first kappa shape index (κ1) is 13.6. The molecule has 0 unspecified atom stereocenters. The molecule has 0 aliphatic heterocycles. The van der Waals surface area contributed by atoms with E-state index >= 15 is 0 Å². The highest BCUT2D eigenvalue weighted by Gasteiger charge is 2.12. The Morgan fingerprint density at radius 1 is 1.10 bits per heavy atom. The van der Waals surface area contributed by atoms with E-state index < -0.39 is 0 Å². The maximum atomic E-state index is 13.5. The van der Waals surface area contributed by atoms with Crippen LogP contribution in [0.1, 0.15) is 29.5 Å². The SMILES string of the molecule is Fc1cc(CNc2cccc3c2CCCC3)ccc1Br. The smallest absolute Gasteiger partial charge is 0.137 e. The average molecular weight is 334 g/mol. The van der Waals surface area contributed by atoms with Gasteiger partial charge in [-0.15, -0.1) is 0 Å². The highest BCUT2D eigenvalue weighted by Crippen LogP contribution is 2.28. The van der Waals surface area contributed by atoms with Crippen molar-refractivity contribution in [2.45, 2.75) is 32.2 Å². The molecule has 0 fully saturated rings. The lowest BCUT2D eigenvalue weighted by Crippen LogP contribution is -2.08. The van der Waals surface area contributed by atoms with Crippen molar-refractivity contribution >= 4 is 21.6 Å². The van der Waals surface area contributed by atoms with E-state index in [0.29, 0.717) is 11.0 Å². The van der Waals surface area contributed by atoms with Crippen molar-refractivity contribution in [3.05, 3.63) is 63.4 Å². The van der Waals surface area contributed by atoms with Crippen LogP contribution in [0, 0.1) is 5.82 Å². The van der Waals surface area contributed by atoms with Gasteiger partial charge in [-0.3, -0.25) is 0 Å². The third-order valence-corrected chi connectivity index (χ3v) is 4.51. The fourth-order valence-corrected chi connectivity index (χ4v) is 3.04. The minimum Gasteiger partial charge on any atom is -0.381 e. The topological polar surface area (TPSA) is 12.0 Å². The molecule has 2 aromatic rings. The van der Waals surface area contributed by atoms with E-state index in [2.05, 4.69) is 39.4 Å². The summed E-state index contributed by atoms with van der Waals surface area (Å²) >= 11 is 3.18. The number of nitrogens with one attached hydrogen (secondary N) is 1. The Balaban J connectivity index is 1.76. The number of rotatable bonds is 3. The molecule has 0 amide bonds. The maximum absolute atomic E-state index is 13.5. The Morgan fingerprint density at radius 2 is 1.95 bits per heavy atom. The zero-order chi connectivity index (χ0) is 13.9. The molecule has 104 valence electrons. The van der Waals surface area contributed by atoms with Gasteiger partial charge in [0.05, 0.1) is 4.47 Å². The van der Waals surface area contributed by atoms with Crippen LogP contribution < -0.4 is 5.32 Å². The number of halogens is 2. The molecule has 0 atom stereocenters. The van der Waals surface area contributed by atoms with Crippen molar-refractivity contribution < 1.29 is 4.39 Å². The highest BCUT2D eigenvalue weighted by molar-refractivity contribution is 9.10. The van der Waals surface area contributed by atoms with Crippen LogP contribution in [0.25, 0.3) is 0 Å². The van der Waals surface area contributed by atoms with Gasteiger partial charge in [0, 0.05) is 12.2 Å². The van der Waals surface area contributed by atoms with Gasteiger partial charge >= 0.3 is 0 Å². The van der Waals surface area contributed by atoms with Crippen LogP contribution in [0.3, 0.4) is 0 Å². The van der Waals surface area contributed by atoms with Crippen molar-refractivity contribution in [1.82, 2.24) is 0 Å². The van der Waals surface area contributed by atoms with E-state index in [0.717, 1.165) is 12.0 Å². The van der Waals surface area contributed by atoms with Crippen LogP contribution in [-0.2, 0) is 19.4 Å². The van der Waals surface area contributed by atoms with Gasteiger partial charge < -0.3 is 5.32 Å². The molecule has 0 heterocycles. The molecule has 0 saturated heterocycles. The molecule has 3 rings (SSSR count). The second-order valence-electron chi connectivity index (χ2n) is 5.25. The van der Waals surface area contributed by atoms with Crippen molar-refractivity contribution in [2.75, 3.05) is 5.32 Å². The van der Waals surface area contributed by atoms with Crippen molar-refractivity contribution in [1.29, 1.82) is 0 Å². The molecule has 0 saturated carbocycles. The highest BCUT2D eigenvalue weighted by atomic mass is 79.9. The van der Waals surface area contributed by atoms with Gasteiger partial charge in [-0.05, 0) is 76.5 Å². The fraction of sp³-hybridized carbons (Fsp3) is 0.294. The van der Waals surface area contributed by atoms with Gasteiger partial charge in [-0.25, -0.2) is 4.39 Å². The van der Waals surface area contributed by atoms with Gasteiger partial charge in [0.25, 0.3) is 0 Å². The van der Waals surface area contributed by atoms with Gasteiger partial charge in [0.1, 0.15) is 5.82 Å². The first-order valence-corrected chi connectivity index (χ1v) is 7.82. The molecule has 1 nitrogen and oxygen atoms in total. The zero-order valence-corrected chi connectivity index (χ0v) is 12.8. The van der Waals surface area contributed by atoms with E-state index in [-0.39, 0.29) is 5.82 Å². The predicted octanol–water partition coefficient (Wildman–Crippen LogP) is 5.08. The van der Waals surface area contributed by atoms with Crippen LogP contribution in [0.15, 0.2) is 40.9 Å². The number of hydrogen-bond acceptors (Lipinski definition) is 1. The second-order valence-corrected chi connectivity index (χ2v) is 6.11.